The lowest BCUT2D eigenvalue weighted by Crippen LogP contribution is -2.51. The number of nitrogens with one attached hydrogen (secondary N) is 1. The molecule has 4 heteroatoms. The third-order valence-corrected chi connectivity index (χ3v) is 3.89. The summed E-state index contributed by atoms with van der Waals surface area (Å²) in [6.45, 7) is 3.92. The van der Waals surface area contributed by atoms with Gasteiger partial charge in [0.15, 0.2) is 0 Å². The molecular weight excluding hydrogens is 196 g/mol. The number of hydrogen-bond acceptors (Lipinski definition) is 3. The predicted molar refractivity (Wildman–Crippen MR) is 59.5 cm³/mol. The molecule has 1 heterocycles. The fraction of sp³-hybridized carbons (Fsp3) is 0.900. The second kappa shape index (κ2) is 4.53. The first-order valence-electron chi connectivity index (χ1n) is 5.44. The first-order valence-corrected chi connectivity index (χ1v) is 6.60. The normalized spacial score (nSPS) is 27.4. The number of carbonyl (C=O) groups is 1. The second-order valence-corrected chi connectivity index (χ2v) is 5.09. The molecule has 1 N–H and O–H groups in total. The summed E-state index contributed by atoms with van der Waals surface area (Å²) in [5.74, 6) is 2.41. The Kier molecular flexibility index (Phi) is 3.34. The van der Waals surface area contributed by atoms with Gasteiger partial charge in [-0.05, 0) is 19.8 Å². The van der Waals surface area contributed by atoms with Crippen molar-refractivity contribution in [1.29, 1.82) is 0 Å². The summed E-state index contributed by atoms with van der Waals surface area (Å²) in [6, 6.07) is 0.635. The van der Waals surface area contributed by atoms with E-state index < -0.39 is 0 Å². The van der Waals surface area contributed by atoms with Crippen molar-refractivity contribution in [2.24, 2.45) is 0 Å². The van der Waals surface area contributed by atoms with Crippen LogP contribution in [-0.4, -0.2) is 47.5 Å². The van der Waals surface area contributed by atoms with Gasteiger partial charge >= 0.3 is 0 Å². The highest BCUT2D eigenvalue weighted by Crippen LogP contribution is 2.27. The molecule has 0 radical (unpaired) electrons. The van der Waals surface area contributed by atoms with E-state index in [1.54, 1.807) is 0 Å². The number of thioether (sulfide) groups is 1. The van der Waals surface area contributed by atoms with Crippen LogP contribution in [0.25, 0.3) is 0 Å². The van der Waals surface area contributed by atoms with Gasteiger partial charge in [-0.25, -0.2) is 0 Å². The SMILES string of the molecule is CCN(C(=O)C1CSCCN1)C1CC1. The highest BCUT2D eigenvalue weighted by atomic mass is 32.2. The van der Waals surface area contributed by atoms with Crippen LogP contribution in [0, 0.1) is 0 Å². The Morgan fingerprint density at radius 1 is 1.57 bits per heavy atom. The largest absolute Gasteiger partial charge is 0.339 e. The van der Waals surface area contributed by atoms with Crippen molar-refractivity contribution in [2.75, 3.05) is 24.6 Å². The molecule has 1 unspecified atom stereocenters. The van der Waals surface area contributed by atoms with Gasteiger partial charge in [-0.1, -0.05) is 0 Å². The van der Waals surface area contributed by atoms with Crippen LogP contribution in [0.2, 0.25) is 0 Å². The molecule has 80 valence electrons. The van der Waals surface area contributed by atoms with Gasteiger partial charge in [-0.2, -0.15) is 11.8 Å². The zero-order valence-corrected chi connectivity index (χ0v) is 9.48. The van der Waals surface area contributed by atoms with E-state index in [0.29, 0.717) is 11.9 Å². The summed E-state index contributed by atoms with van der Waals surface area (Å²) < 4.78 is 0. The minimum absolute atomic E-state index is 0.0781. The summed E-state index contributed by atoms with van der Waals surface area (Å²) >= 11 is 1.88. The zero-order valence-electron chi connectivity index (χ0n) is 8.66. The van der Waals surface area contributed by atoms with Crippen molar-refractivity contribution >= 4 is 17.7 Å². The van der Waals surface area contributed by atoms with Crippen LogP contribution in [0.4, 0.5) is 0 Å². The molecule has 14 heavy (non-hydrogen) atoms. The standard InChI is InChI=1S/C10H18N2OS/c1-2-12(8-3-4-8)10(13)9-7-14-6-5-11-9/h8-9,11H,2-7H2,1H3. The average Bonchev–Trinajstić information content (AvgIpc) is 3.04. The van der Waals surface area contributed by atoms with Crippen LogP contribution in [0.1, 0.15) is 19.8 Å². The average molecular weight is 214 g/mol. The molecule has 1 aliphatic heterocycles. The maximum atomic E-state index is 12.1. The summed E-state index contributed by atoms with van der Waals surface area (Å²) in [6.07, 6.45) is 2.42. The molecule has 0 bridgehead atoms. The lowest BCUT2D eigenvalue weighted by molar-refractivity contribution is -0.133. The fourth-order valence-electron chi connectivity index (χ4n) is 1.90. The number of likely N-dealkylation sites (N-methyl/N-ethyl adjacent to an activating group) is 1. The molecule has 1 amide bonds. The highest BCUT2D eigenvalue weighted by molar-refractivity contribution is 7.99. The van der Waals surface area contributed by atoms with Gasteiger partial charge in [-0.3, -0.25) is 4.79 Å². The summed E-state index contributed by atoms with van der Waals surface area (Å²) in [5, 5.41) is 3.30. The molecule has 2 aliphatic rings. The van der Waals surface area contributed by atoms with Crippen LogP contribution in [0.3, 0.4) is 0 Å². The Labute approximate surface area is 89.6 Å². The number of hydrogen-bond donors (Lipinski definition) is 1. The van der Waals surface area contributed by atoms with E-state index in [2.05, 4.69) is 12.2 Å². The van der Waals surface area contributed by atoms with E-state index in [1.807, 2.05) is 16.7 Å². The van der Waals surface area contributed by atoms with Crippen molar-refractivity contribution in [3.63, 3.8) is 0 Å². The van der Waals surface area contributed by atoms with Crippen molar-refractivity contribution < 1.29 is 4.79 Å². The van der Waals surface area contributed by atoms with Crippen molar-refractivity contribution in [2.45, 2.75) is 31.8 Å². The highest BCUT2D eigenvalue weighted by Gasteiger charge is 2.35. The number of carbonyl (C=O) groups excluding carboxylic acids is 1. The Morgan fingerprint density at radius 2 is 2.36 bits per heavy atom. The molecule has 1 atom stereocenters. The smallest absolute Gasteiger partial charge is 0.240 e. The van der Waals surface area contributed by atoms with Crippen LogP contribution in [0.5, 0.6) is 0 Å². The van der Waals surface area contributed by atoms with E-state index in [4.69, 9.17) is 0 Å². The minimum atomic E-state index is 0.0781. The molecular formula is C10H18N2OS. The molecule has 1 saturated heterocycles. The van der Waals surface area contributed by atoms with Crippen LogP contribution < -0.4 is 5.32 Å². The molecule has 2 fully saturated rings. The van der Waals surface area contributed by atoms with Gasteiger partial charge in [0, 0.05) is 30.6 Å². The molecule has 0 aromatic carbocycles. The minimum Gasteiger partial charge on any atom is -0.339 e. The molecule has 2 rings (SSSR count). The Balaban J connectivity index is 1.90. The Hall–Kier alpha value is -0.220. The van der Waals surface area contributed by atoms with Gasteiger partial charge in [-0.15, -0.1) is 0 Å². The lowest BCUT2D eigenvalue weighted by atomic mass is 10.2. The maximum Gasteiger partial charge on any atom is 0.240 e. The van der Waals surface area contributed by atoms with E-state index in [9.17, 15) is 4.79 Å². The third-order valence-electron chi connectivity index (χ3n) is 2.83. The van der Waals surface area contributed by atoms with Crippen molar-refractivity contribution in [3.8, 4) is 0 Å². The molecule has 1 aliphatic carbocycles. The topological polar surface area (TPSA) is 32.3 Å². The quantitative estimate of drug-likeness (QED) is 0.750. The van der Waals surface area contributed by atoms with E-state index >= 15 is 0 Å². The summed E-state index contributed by atoms with van der Waals surface area (Å²) in [7, 11) is 0. The van der Waals surface area contributed by atoms with Gasteiger partial charge in [0.1, 0.15) is 0 Å². The molecule has 1 saturated carbocycles. The lowest BCUT2D eigenvalue weighted by Gasteiger charge is -2.29. The monoisotopic (exact) mass is 214 g/mol. The van der Waals surface area contributed by atoms with Crippen LogP contribution in [-0.2, 0) is 4.79 Å². The number of amides is 1. The molecule has 3 nitrogen and oxygen atoms in total. The first kappa shape index (κ1) is 10.3. The van der Waals surface area contributed by atoms with E-state index in [0.717, 1.165) is 24.6 Å². The molecule has 0 aromatic rings. The van der Waals surface area contributed by atoms with Crippen molar-refractivity contribution in [3.05, 3.63) is 0 Å². The fourth-order valence-corrected chi connectivity index (χ4v) is 2.83. The van der Waals surface area contributed by atoms with Crippen LogP contribution >= 0.6 is 11.8 Å². The van der Waals surface area contributed by atoms with Gasteiger partial charge < -0.3 is 10.2 Å². The third kappa shape index (κ3) is 2.23. The predicted octanol–water partition coefficient (Wildman–Crippen LogP) is 0.702. The summed E-state index contributed by atoms with van der Waals surface area (Å²) in [5.41, 5.74) is 0. The Morgan fingerprint density at radius 3 is 2.86 bits per heavy atom. The number of rotatable bonds is 3. The van der Waals surface area contributed by atoms with E-state index in [1.165, 1.54) is 12.8 Å². The van der Waals surface area contributed by atoms with Crippen LogP contribution in [0.15, 0.2) is 0 Å². The second-order valence-electron chi connectivity index (χ2n) is 3.94. The van der Waals surface area contributed by atoms with Crippen molar-refractivity contribution in [1.82, 2.24) is 10.2 Å². The number of nitrogens with zero attached hydrogens (tertiary/aromatic N) is 1. The summed E-state index contributed by atoms with van der Waals surface area (Å²) in [4.78, 5) is 14.1. The van der Waals surface area contributed by atoms with Gasteiger partial charge in [0.05, 0.1) is 6.04 Å². The molecule has 0 aromatic heterocycles. The zero-order chi connectivity index (χ0) is 9.97. The maximum absolute atomic E-state index is 12.1. The van der Waals surface area contributed by atoms with Gasteiger partial charge in [0.2, 0.25) is 5.91 Å². The first-order chi connectivity index (χ1) is 6.83. The Bertz CT molecular complexity index is 212. The van der Waals surface area contributed by atoms with Gasteiger partial charge in [0.25, 0.3) is 0 Å². The van der Waals surface area contributed by atoms with E-state index in [-0.39, 0.29) is 6.04 Å². The molecule has 0 spiro atoms.